The van der Waals surface area contributed by atoms with E-state index in [2.05, 4.69) is 6.92 Å². The Morgan fingerprint density at radius 1 is 1.36 bits per heavy atom. The first-order valence-corrected chi connectivity index (χ1v) is 3.90. The van der Waals surface area contributed by atoms with Gasteiger partial charge in [0, 0.05) is 6.92 Å². The second-order valence-corrected chi connectivity index (χ2v) is 2.47. The van der Waals surface area contributed by atoms with Crippen molar-refractivity contribution in [2.24, 2.45) is 0 Å². The van der Waals surface area contributed by atoms with Crippen molar-refractivity contribution in [2.75, 3.05) is 0 Å². The number of hydrogen-bond donors (Lipinski definition) is 0. The molecule has 0 atom stereocenters. The molecule has 2 heteroatoms. The first-order valence-electron chi connectivity index (χ1n) is 3.90. The van der Waals surface area contributed by atoms with E-state index in [1.165, 1.54) is 13.0 Å². The van der Waals surface area contributed by atoms with Gasteiger partial charge in [-0.25, -0.2) is 0 Å². The number of rotatable bonds is 5. The number of carbonyl (C=O) groups is 2. The minimum Gasteiger partial charge on any atom is -0.291 e. The molecule has 0 fully saturated rings. The van der Waals surface area contributed by atoms with Crippen molar-refractivity contribution in [3.05, 3.63) is 12.2 Å². The number of allylic oxidation sites excluding steroid dienone is 2. The summed E-state index contributed by atoms with van der Waals surface area (Å²) in [6.07, 6.45) is 6.18. The molecule has 0 unspecified atom stereocenters. The Labute approximate surface area is 67.3 Å². The molecule has 0 aliphatic heterocycles. The minimum absolute atomic E-state index is 0.391. The first kappa shape index (κ1) is 10.1. The van der Waals surface area contributed by atoms with Crippen LogP contribution >= 0.6 is 0 Å². The van der Waals surface area contributed by atoms with Gasteiger partial charge in [-0.3, -0.25) is 9.59 Å². The number of carbonyl (C=O) groups excluding carboxylic acids is 2. The molecule has 0 spiro atoms. The van der Waals surface area contributed by atoms with Crippen LogP contribution in [0.5, 0.6) is 0 Å². The molecule has 0 aromatic rings. The lowest BCUT2D eigenvalue weighted by molar-refractivity contribution is -0.132. The molecule has 0 aromatic heterocycles. The van der Waals surface area contributed by atoms with Crippen LogP contribution in [0.2, 0.25) is 0 Å². The quantitative estimate of drug-likeness (QED) is 0.344. The van der Waals surface area contributed by atoms with Gasteiger partial charge in [0.2, 0.25) is 5.78 Å². The molecule has 0 amide bonds. The maximum atomic E-state index is 10.7. The van der Waals surface area contributed by atoms with Gasteiger partial charge in [-0.1, -0.05) is 25.8 Å². The highest BCUT2D eigenvalue weighted by Crippen LogP contribution is 1.94. The van der Waals surface area contributed by atoms with Crippen molar-refractivity contribution < 1.29 is 9.59 Å². The predicted octanol–water partition coefficient (Wildman–Crippen LogP) is 1.89. The van der Waals surface area contributed by atoms with Crippen LogP contribution in [0.25, 0.3) is 0 Å². The average molecular weight is 154 g/mol. The van der Waals surface area contributed by atoms with E-state index in [9.17, 15) is 9.59 Å². The van der Waals surface area contributed by atoms with Gasteiger partial charge in [-0.15, -0.1) is 0 Å². The maximum absolute atomic E-state index is 10.7. The lowest BCUT2D eigenvalue weighted by atomic mass is 10.2. The summed E-state index contributed by atoms with van der Waals surface area (Å²) in [5, 5.41) is 0. The summed E-state index contributed by atoms with van der Waals surface area (Å²) in [5.74, 6) is -0.793. The molecule has 0 rings (SSSR count). The molecule has 0 aromatic carbocycles. The first-order chi connectivity index (χ1) is 5.18. The zero-order chi connectivity index (χ0) is 8.69. The van der Waals surface area contributed by atoms with E-state index in [1.54, 1.807) is 6.08 Å². The van der Waals surface area contributed by atoms with E-state index < -0.39 is 11.6 Å². The zero-order valence-corrected chi connectivity index (χ0v) is 7.09. The van der Waals surface area contributed by atoms with E-state index in [1.807, 2.05) is 0 Å². The summed E-state index contributed by atoms with van der Waals surface area (Å²) in [6.45, 7) is 3.37. The standard InChI is InChI=1S/C9H14O2/c1-3-4-5-6-7-9(11)8(2)10/h6-7H,3-5H2,1-2H3. The van der Waals surface area contributed by atoms with Crippen LogP contribution in [0.3, 0.4) is 0 Å². The number of ketones is 2. The Balaban J connectivity index is 3.57. The molecule has 0 aliphatic rings. The Hall–Kier alpha value is -0.920. The van der Waals surface area contributed by atoms with Gasteiger partial charge in [-0.2, -0.15) is 0 Å². The molecule has 11 heavy (non-hydrogen) atoms. The van der Waals surface area contributed by atoms with Crippen LogP contribution in [0.4, 0.5) is 0 Å². The predicted molar refractivity (Wildman–Crippen MR) is 44.4 cm³/mol. The van der Waals surface area contributed by atoms with Gasteiger partial charge in [0.05, 0.1) is 0 Å². The Morgan fingerprint density at radius 3 is 2.45 bits per heavy atom. The normalized spacial score (nSPS) is 10.4. The summed E-state index contributed by atoms with van der Waals surface area (Å²) in [4.78, 5) is 21.1. The minimum atomic E-state index is -0.402. The van der Waals surface area contributed by atoms with Crippen molar-refractivity contribution in [2.45, 2.75) is 33.1 Å². The van der Waals surface area contributed by atoms with Gasteiger partial charge >= 0.3 is 0 Å². The third kappa shape index (κ3) is 5.52. The van der Waals surface area contributed by atoms with E-state index in [0.29, 0.717) is 0 Å². The van der Waals surface area contributed by atoms with Crippen LogP contribution in [0.15, 0.2) is 12.2 Å². The molecule has 2 nitrogen and oxygen atoms in total. The van der Waals surface area contributed by atoms with Crippen LogP contribution in [-0.4, -0.2) is 11.6 Å². The van der Waals surface area contributed by atoms with Crippen molar-refractivity contribution in [1.82, 2.24) is 0 Å². The van der Waals surface area contributed by atoms with Crippen molar-refractivity contribution in [3.63, 3.8) is 0 Å². The van der Waals surface area contributed by atoms with Crippen LogP contribution in [-0.2, 0) is 9.59 Å². The van der Waals surface area contributed by atoms with Gasteiger partial charge < -0.3 is 0 Å². The fourth-order valence-corrected chi connectivity index (χ4v) is 0.630. The fraction of sp³-hybridized carbons (Fsp3) is 0.556. The molecule has 0 saturated heterocycles. The number of unbranched alkanes of at least 4 members (excludes halogenated alkanes) is 2. The lowest BCUT2D eigenvalue weighted by Crippen LogP contribution is -2.04. The van der Waals surface area contributed by atoms with Crippen molar-refractivity contribution in [1.29, 1.82) is 0 Å². The van der Waals surface area contributed by atoms with Gasteiger partial charge in [-0.05, 0) is 12.5 Å². The summed E-state index contributed by atoms with van der Waals surface area (Å²) in [5.41, 5.74) is 0. The molecule has 0 radical (unpaired) electrons. The lowest BCUT2D eigenvalue weighted by Gasteiger charge is -1.87. The second-order valence-electron chi connectivity index (χ2n) is 2.47. The summed E-state index contributed by atoms with van der Waals surface area (Å²) in [6, 6.07) is 0. The van der Waals surface area contributed by atoms with Crippen LogP contribution < -0.4 is 0 Å². The molecular formula is C9H14O2. The second kappa shape index (κ2) is 5.83. The monoisotopic (exact) mass is 154 g/mol. The van der Waals surface area contributed by atoms with Crippen LogP contribution in [0, 0.1) is 0 Å². The number of Topliss-reactive ketones (excluding diaryl/α,β-unsaturated/α-hetero) is 1. The fourth-order valence-electron chi connectivity index (χ4n) is 0.630. The Kier molecular flexibility index (Phi) is 5.35. The maximum Gasteiger partial charge on any atom is 0.220 e. The highest BCUT2D eigenvalue weighted by atomic mass is 16.2. The molecule has 0 N–H and O–H groups in total. The molecule has 0 bridgehead atoms. The van der Waals surface area contributed by atoms with Gasteiger partial charge in [0.15, 0.2) is 5.78 Å². The highest BCUT2D eigenvalue weighted by molar-refractivity contribution is 6.40. The summed E-state index contributed by atoms with van der Waals surface area (Å²) < 4.78 is 0. The average Bonchev–Trinajstić information content (AvgIpc) is 1.97. The van der Waals surface area contributed by atoms with E-state index in [0.717, 1.165) is 19.3 Å². The van der Waals surface area contributed by atoms with E-state index in [-0.39, 0.29) is 0 Å². The number of hydrogen-bond acceptors (Lipinski definition) is 2. The SMILES string of the molecule is CCCCC=CC(=O)C(C)=O. The highest BCUT2D eigenvalue weighted by Gasteiger charge is 2.00. The Morgan fingerprint density at radius 2 is 2.00 bits per heavy atom. The summed E-state index contributed by atoms with van der Waals surface area (Å²) >= 11 is 0. The third-order valence-electron chi connectivity index (χ3n) is 1.34. The largest absolute Gasteiger partial charge is 0.291 e. The van der Waals surface area contributed by atoms with Crippen molar-refractivity contribution in [3.8, 4) is 0 Å². The van der Waals surface area contributed by atoms with Gasteiger partial charge in [0.25, 0.3) is 0 Å². The third-order valence-corrected chi connectivity index (χ3v) is 1.34. The van der Waals surface area contributed by atoms with Crippen LogP contribution in [0.1, 0.15) is 33.1 Å². The zero-order valence-electron chi connectivity index (χ0n) is 7.09. The van der Waals surface area contributed by atoms with Crippen molar-refractivity contribution >= 4 is 11.6 Å². The van der Waals surface area contributed by atoms with Gasteiger partial charge in [0.1, 0.15) is 0 Å². The topological polar surface area (TPSA) is 34.1 Å². The molecule has 62 valence electrons. The van der Waals surface area contributed by atoms with E-state index in [4.69, 9.17) is 0 Å². The molecule has 0 heterocycles. The molecule has 0 saturated carbocycles. The Bertz CT molecular complexity index is 168. The smallest absolute Gasteiger partial charge is 0.220 e. The summed E-state index contributed by atoms with van der Waals surface area (Å²) in [7, 11) is 0. The molecular weight excluding hydrogens is 140 g/mol. The molecule has 0 aliphatic carbocycles. The van der Waals surface area contributed by atoms with E-state index >= 15 is 0 Å².